The summed E-state index contributed by atoms with van der Waals surface area (Å²) >= 11 is 0. The molecule has 0 bridgehead atoms. The second-order valence-corrected chi connectivity index (χ2v) is 5.16. The van der Waals surface area contributed by atoms with Crippen LogP contribution in [0.25, 0.3) is 0 Å². The molecule has 3 nitrogen and oxygen atoms in total. The van der Waals surface area contributed by atoms with Gasteiger partial charge in [-0.1, -0.05) is 32.6 Å². The van der Waals surface area contributed by atoms with Crippen molar-refractivity contribution in [2.45, 2.75) is 89.9 Å². The van der Waals surface area contributed by atoms with Crippen LogP contribution in [0.1, 0.15) is 71.6 Å². The highest BCUT2D eigenvalue weighted by atomic mass is 16.3. The topological polar surface area (TPSA) is 60.7 Å². The Balaban J connectivity index is 3.27. The number of aliphatic hydroxyl groups excluding tert-OH is 3. The van der Waals surface area contributed by atoms with Crippen molar-refractivity contribution in [3.63, 3.8) is 0 Å². The van der Waals surface area contributed by atoms with Crippen LogP contribution in [-0.4, -0.2) is 33.6 Å². The Kier molecular flexibility index (Phi) is 10.9. The van der Waals surface area contributed by atoms with Gasteiger partial charge in [-0.3, -0.25) is 0 Å². The predicted octanol–water partition coefficient (Wildman–Crippen LogP) is 2.62. The van der Waals surface area contributed by atoms with Crippen LogP contribution >= 0.6 is 0 Å². The summed E-state index contributed by atoms with van der Waals surface area (Å²) in [5.74, 6) is 0. The number of hydrogen-bond acceptors (Lipinski definition) is 3. The quantitative estimate of drug-likeness (QED) is 0.491. The average molecular weight is 246 g/mol. The Morgan fingerprint density at radius 2 is 1.24 bits per heavy atom. The van der Waals surface area contributed by atoms with Crippen LogP contribution < -0.4 is 0 Å². The molecule has 0 aromatic heterocycles. The van der Waals surface area contributed by atoms with E-state index in [0.717, 1.165) is 44.9 Å². The van der Waals surface area contributed by atoms with Gasteiger partial charge < -0.3 is 15.3 Å². The summed E-state index contributed by atoms with van der Waals surface area (Å²) < 4.78 is 0. The minimum atomic E-state index is -0.311. The van der Waals surface area contributed by atoms with E-state index in [1.165, 1.54) is 0 Å². The Hall–Kier alpha value is -0.120. The Morgan fingerprint density at radius 3 is 1.71 bits per heavy atom. The molecule has 0 heterocycles. The van der Waals surface area contributed by atoms with Crippen LogP contribution in [0.15, 0.2) is 0 Å². The summed E-state index contributed by atoms with van der Waals surface area (Å²) in [5, 5.41) is 28.2. The molecule has 17 heavy (non-hydrogen) atoms. The van der Waals surface area contributed by atoms with E-state index >= 15 is 0 Å². The zero-order chi connectivity index (χ0) is 13.1. The van der Waals surface area contributed by atoms with Crippen LogP contribution in [0.3, 0.4) is 0 Å². The van der Waals surface area contributed by atoms with Gasteiger partial charge in [0.15, 0.2) is 0 Å². The molecule has 3 unspecified atom stereocenters. The standard InChI is InChI=1S/C14H30O3/c1-3-7-13(16)8-5-4-6-9-14(17)11-10-12(2)15/h12-17H,3-11H2,1-2H3. The summed E-state index contributed by atoms with van der Waals surface area (Å²) in [6.07, 6.45) is 7.42. The van der Waals surface area contributed by atoms with Gasteiger partial charge in [0.1, 0.15) is 0 Å². The summed E-state index contributed by atoms with van der Waals surface area (Å²) in [6.45, 7) is 3.84. The zero-order valence-corrected chi connectivity index (χ0v) is 11.4. The molecule has 3 heteroatoms. The maximum atomic E-state index is 9.63. The van der Waals surface area contributed by atoms with Crippen molar-refractivity contribution in [2.75, 3.05) is 0 Å². The Labute approximate surface area is 106 Å². The molecule has 0 aliphatic rings. The lowest BCUT2D eigenvalue weighted by Gasteiger charge is -2.12. The second kappa shape index (κ2) is 11.0. The van der Waals surface area contributed by atoms with E-state index in [1.807, 2.05) is 0 Å². The second-order valence-electron chi connectivity index (χ2n) is 5.16. The first-order valence-electron chi connectivity index (χ1n) is 7.10. The van der Waals surface area contributed by atoms with Crippen molar-refractivity contribution >= 4 is 0 Å². The van der Waals surface area contributed by atoms with Crippen molar-refractivity contribution in [3.8, 4) is 0 Å². The SMILES string of the molecule is CCCC(O)CCCCCC(O)CCC(C)O. The highest BCUT2D eigenvalue weighted by Crippen LogP contribution is 2.13. The molecule has 0 spiro atoms. The van der Waals surface area contributed by atoms with Gasteiger partial charge in [-0.15, -0.1) is 0 Å². The molecule has 0 aliphatic heterocycles. The summed E-state index contributed by atoms with van der Waals surface area (Å²) in [6, 6.07) is 0. The first-order chi connectivity index (χ1) is 8.06. The lowest BCUT2D eigenvalue weighted by atomic mass is 10.0. The van der Waals surface area contributed by atoms with E-state index in [2.05, 4.69) is 6.92 Å². The van der Waals surface area contributed by atoms with E-state index in [1.54, 1.807) is 6.92 Å². The maximum absolute atomic E-state index is 9.63. The van der Waals surface area contributed by atoms with Crippen molar-refractivity contribution in [3.05, 3.63) is 0 Å². The van der Waals surface area contributed by atoms with Crippen LogP contribution in [0.5, 0.6) is 0 Å². The van der Waals surface area contributed by atoms with Crippen molar-refractivity contribution < 1.29 is 15.3 Å². The molecular weight excluding hydrogens is 216 g/mol. The predicted molar refractivity (Wildman–Crippen MR) is 70.9 cm³/mol. The molecule has 0 rings (SSSR count). The van der Waals surface area contributed by atoms with Gasteiger partial charge in [0.05, 0.1) is 18.3 Å². The minimum Gasteiger partial charge on any atom is -0.393 e. The third-order valence-corrected chi connectivity index (χ3v) is 3.11. The fourth-order valence-electron chi connectivity index (χ4n) is 1.99. The number of hydrogen-bond donors (Lipinski definition) is 3. The third kappa shape index (κ3) is 12.1. The molecule has 0 fully saturated rings. The molecule has 0 amide bonds. The van der Waals surface area contributed by atoms with Gasteiger partial charge in [0.2, 0.25) is 0 Å². The molecule has 3 atom stereocenters. The molecular formula is C14H30O3. The van der Waals surface area contributed by atoms with E-state index in [9.17, 15) is 10.2 Å². The molecule has 104 valence electrons. The van der Waals surface area contributed by atoms with E-state index in [4.69, 9.17) is 5.11 Å². The van der Waals surface area contributed by atoms with Crippen molar-refractivity contribution in [1.29, 1.82) is 0 Å². The number of unbranched alkanes of at least 4 members (excludes halogenated alkanes) is 2. The summed E-state index contributed by atoms with van der Waals surface area (Å²) in [7, 11) is 0. The third-order valence-electron chi connectivity index (χ3n) is 3.11. The van der Waals surface area contributed by atoms with E-state index in [0.29, 0.717) is 12.8 Å². The number of aliphatic hydroxyl groups is 3. The Bertz CT molecular complexity index is 160. The molecule has 0 aromatic carbocycles. The lowest BCUT2D eigenvalue weighted by molar-refractivity contribution is 0.113. The van der Waals surface area contributed by atoms with Crippen LogP contribution in [0, 0.1) is 0 Å². The van der Waals surface area contributed by atoms with Crippen LogP contribution in [0.4, 0.5) is 0 Å². The minimum absolute atomic E-state index is 0.139. The smallest absolute Gasteiger partial charge is 0.0541 e. The monoisotopic (exact) mass is 246 g/mol. The highest BCUT2D eigenvalue weighted by Gasteiger charge is 2.06. The van der Waals surface area contributed by atoms with Crippen molar-refractivity contribution in [2.24, 2.45) is 0 Å². The number of rotatable bonds is 11. The van der Waals surface area contributed by atoms with Gasteiger partial charge >= 0.3 is 0 Å². The molecule has 0 aliphatic carbocycles. The molecule has 0 saturated carbocycles. The fourth-order valence-corrected chi connectivity index (χ4v) is 1.99. The summed E-state index contributed by atoms with van der Waals surface area (Å²) in [4.78, 5) is 0. The normalized spacial score (nSPS) is 16.8. The molecule has 3 N–H and O–H groups in total. The lowest BCUT2D eigenvalue weighted by Crippen LogP contribution is -2.11. The Morgan fingerprint density at radius 1 is 0.706 bits per heavy atom. The summed E-state index contributed by atoms with van der Waals surface area (Å²) in [5.41, 5.74) is 0. The van der Waals surface area contributed by atoms with Gasteiger partial charge in [-0.25, -0.2) is 0 Å². The fraction of sp³-hybridized carbons (Fsp3) is 1.00. The largest absolute Gasteiger partial charge is 0.393 e. The van der Waals surface area contributed by atoms with Crippen molar-refractivity contribution in [1.82, 2.24) is 0 Å². The first-order valence-corrected chi connectivity index (χ1v) is 7.10. The maximum Gasteiger partial charge on any atom is 0.0541 e. The molecule has 0 aromatic rings. The molecule has 0 saturated heterocycles. The van der Waals surface area contributed by atoms with Crippen LogP contribution in [-0.2, 0) is 0 Å². The van der Waals surface area contributed by atoms with E-state index < -0.39 is 0 Å². The van der Waals surface area contributed by atoms with Gasteiger partial charge in [0.25, 0.3) is 0 Å². The van der Waals surface area contributed by atoms with E-state index in [-0.39, 0.29) is 18.3 Å². The highest BCUT2D eigenvalue weighted by molar-refractivity contribution is 4.60. The zero-order valence-electron chi connectivity index (χ0n) is 11.4. The van der Waals surface area contributed by atoms with Gasteiger partial charge in [-0.2, -0.15) is 0 Å². The van der Waals surface area contributed by atoms with Gasteiger partial charge in [-0.05, 0) is 39.0 Å². The van der Waals surface area contributed by atoms with Gasteiger partial charge in [0, 0.05) is 0 Å². The molecule has 0 radical (unpaired) electrons. The van der Waals surface area contributed by atoms with Crippen LogP contribution in [0.2, 0.25) is 0 Å². The first kappa shape index (κ1) is 16.9. The average Bonchev–Trinajstić information content (AvgIpc) is 2.26.